The smallest absolute Gasteiger partial charge is 0.0330 e. The molecule has 1 aliphatic heterocycles. The average molecular weight is 354 g/mol. The van der Waals surface area contributed by atoms with Crippen LogP contribution in [0.4, 0.5) is 0 Å². The fourth-order valence-corrected chi connectivity index (χ4v) is 3.43. The summed E-state index contributed by atoms with van der Waals surface area (Å²) >= 11 is 3.56. The predicted molar refractivity (Wildman–Crippen MR) is 93.7 cm³/mol. The summed E-state index contributed by atoms with van der Waals surface area (Å²) < 4.78 is 1.16. The molecule has 0 aliphatic carbocycles. The molecule has 2 rings (SSSR count). The van der Waals surface area contributed by atoms with Crippen LogP contribution in [-0.4, -0.2) is 55.6 Å². The van der Waals surface area contributed by atoms with Gasteiger partial charge in [-0.1, -0.05) is 28.1 Å². The fraction of sp³-hybridized carbons (Fsp3) is 0.647. The molecule has 1 fully saturated rings. The van der Waals surface area contributed by atoms with Gasteiger partial charge in [0, 0.05) is 49.3 Å². The SMILES string of the molecule is CNC(CCN1CCN(C(C)C)CC1)c1cccc(Br)c1. The lowest BCUT2D eigenvalue weighted by atomic mass is 10.0. The molecule has 1 heterocycles. The van der Waals surface area contributed by atoms with Crippen LogP contribution in [0.25, 0.3) is 0 Å². The second-order valence-corrected chi connectivity index (χ2v) is 7.07. The molecule has 1 aromatic carbocycles. The molecule has 1 aromatic rings. The number of hydrogen-bond donors (Lipinski definition) is 1. The van der Waals surface area contributed by atoms with Crippen molar-refractivity contribution >= 4 is 15.9 Å². The second kappa shape index (κ2) is 8.28. The van der Waals surface area contributed by atoms with E-state index in [2.05, 4.69) is 76.2 Å². The number of rotatable bonds is 6. The van der Waals surface area contributed by atoms with Gasteiger partial charge in [-0.05, 0) is 45.0 Å². The Kier molecular flexibility index (Phi) is 6.68. The Morgan fingerprint density at radius 1 is 1.19 bits per heavy atom. The Bertz CT molecular complexity index is 428. The number of nitrogens with one attached hydrogen (secondary N) is 1. The largest absolute Gasteiger partial charge is 0.313 e. The van der Waals surface area contributed by atoms with Crippen LogP contribution in [-0.2, 0) is 0 Å². The van der Waals surface area contributed by atoms with Crippen molar-refractivity contribution in [3.8, 4) is 0 Å². The summed E-state index contributed by atoms with van der Waals surface area (Å²) in [6, 6.07) is 9.75. The highest BCUT2D eigenvalue weighted by Gasteiger charge is 2.19. The molecule has 0 radical (unpaired) electrons. The molecule has 1 unspecified atom stereocenters. The lowest BCUT2D eigenvalue weighted by molar-refractivity contribution is 0.105. The van der Waals surface area contributed by atoms with E-state index in [0.29, 0.717) is 12.1 Å². The average Bonchev–Trinajstić information content (AvgIpc) is 2.48. The Morgan fingerprint density at radius 3 is 2.48 bits per heavy atom. The van der Waals surface area contributed by atoms with Gasteiger partial charge in [0.2, 0.25) is 0 Å². The van der Waals surface area contributed by atoms with Gasteiger partial charge in [-0.3, -0.25) is 4.90 Å². The normalized spacial score (nSPS) is 19.1. The van der Waals surface area contributed by atoms with Crippen LogP contribution >= 0.6 is 15.9 Å². The van der Waals surface area contributed by atoms with E-state index in [0.717, 1.165) is 10.9 Å². The molecule has 0 saturated carbocycles. The second-order valence-electron chi connectivity index (χ2n) is 6.16. The Hall–Kier alpha value is -0.420. The molecule has 1 saturated heterocycles. The van der Waals surface area contributed by atoms with Crippen LogP contribution in [0, 0.1) is 0 Å². The van der Waals surface area contributed by atoms with E-state index in [-0.39, 0.29) is 0 Å². The number of piperazine rings is 1. The molecule has 0 bridgehead atoms. The van der Waals surface area contributed by atoms with Crippen molar-refractivity contribution in [2.24, 2.45) is 0 Å². The van der Waals surface area contributed by atoms with Gasteiger partial charge in [-0.15, -0.1) is 0 Å². The molecule has 3 nitrogen and oxygen atoms in total. The molecule has 1 atom stereocenters. The zero-order valence-electron chi connectivity index (χ0n) is 13.5. The summed E-state index contributed by atoms with van der Waals surface area (Å²) in [5, 5.41) is 3.45. The molecule has 118 valence electrons. The third-order valence-electron chi connectivity index (χ3n) is 4.47. The number of halogens is 1. The van der Waals surface area contributed by atoms with Crippen molar-refractivity contribution in [1.82, 2.24) is 15.1 Å². The van der Waals surface area contributed by atoms with Gasteiger partial charge in [-0.2, -0.15) is 0 Å². The van der Waals surface area contributed by atoms with Gasteiger partial charge < -0.3 is 10.2 Å². The molecule has 4 heteroatoms. The molecule has 1 N–H and O–H groups in total. The molecule has 0 aromatic heterocycles. The van der Waals surface area contributed by atoms with Crippen molar-refractivity contribution in [1.29, 1.82) is 0 Å². The van der Waals surface area contributed by atoms with Gasteiger partial charge in [0.15, 0.2) is 0 Å². The quantitative estimate of drug-likeness (QED) is 0.847. The lowest BCUT2D eigenvalue weighted by Crippen LogP contribution is -2.49. The predicted octanol–water partition coefficient (Wildman–Crippen LogP) is 3.13. The van der Waals surface area contributed by atoms with Crippen LogP contribution in [0.1, 0.15) is 31.9 Å². The standard InChI is InChI=1S/C17H28BrN3/c1-14(2)21-11-9-20(10-12-21)8-7-17(19-3)15-5-4-6-16(18)13-15/h4-6,13-14,17,19H,7-12H2,1-3H3. The van der Waals surface area contributed by atoms with E-state index in [1.807, 2.05) is 0 Å². The first-order valence-electron chi connectivity index (χ1n) is 7.99. The first-order chi connectivity index (χ1) is 10.1. The van der Waals surface area contributed by atoms with E-state index in [4.69, 9.17) is 0 Å². The summed E-state index contributed by atoms with van der Waals surface area (Å²) in [5.74, 6) is 0. The number of hydrogen-bond acceptors (Lipinski definition) is 3. The molecule has 0 spiro atoms. The van der Waals surface area contributed by atoms with Gasteiger partial charge in [0.05, 0.1) is 0 Å². The minimum absolute atomic E-state index is 0.436. The third-order valence-corrected chi connectivity index (χ3v) is 4.96. The van der Waals surface area contributed by atoms with Crippen LogP contribution in [0.2, 0.25) is 0 Å². The monoisotopic (exact) mass is 353 g/mol. The summed E-state index contributed by atoms with van der Waals surface area (Å²) in [6.07, 6.45) is 1.16. The lowest BCUT2D eigenvalue weighted by Gasteiger charge is -2.37. The van der Waals surface area contributed by atoms with E-state index >= 15 is 0 Å². The Labute approximate surface area is 137 Å². The van der Waals surface area contributed by atoms with Crippen molar-refractivity contribution in [2.75, 3.05) is 39.8 Å². The molecule has 1 aliphatic rings. The topological polar surface area (TPSA) is 18.5 Å². The maximum Gasteiger partial charge on any atom is 0.0330 e. The van der Waals surface area contributed by atoms with E-state index in [9.17, 15) is 0 Å². The van der Waals surface area contributed by atoms with Crippen LogP contribution in [0.15, 0.2) is 28.7 Å². The van der Waals surface area contributed by atoms with Crippen LogP contribution in [0.3, 0.4) is 0 Å². The molecular formula is C17H28BrN3. The number of benzene rings is 1. The minimum Gasteiger partial charge on any atom is -0.313 e. The first kappa shape index (κ1) is 16.9. The van der Waals surface area contributed by atoms with Crippen molar-refractivity contribution in [3.05, 3.63) is 34.3 Å². The first-order valence-corrected chi connectivity index (χ1v) is 8.78. The summed E-state index contributed by atoms with van der Waals surface area (Å²) in [4.78, 5) is 5.17. The van der Waals surface area contributed by atoms with Crippen molar-refractivity contribution in [3.63, 3.8) is 0 Å². The van der Waals surface area contributed by atoms with Crippen LogP contribution < -0.4 is 5.32 Å². The van der Waals surface area contributed by atoms with Gasteiger partial charge in [0.1, 0.15) is 0 Å². The maximum absolute atomic E-state index is 3.56. The molecular weight excluding hydrogens is 326 g/mol. The Morgan fingerprint density at radius 2 is 1.90 bits per heavy atom. The van der Waals surface area contributed by atoms with Crippen LogP contribution in [0.5, 0.6) is 0 Å². The van der Waals surface area contributed by atoms with Gasteiger partial charge in [0.25, 0.3) is 0 Å². The van der Waals surface area contributed by atoms with Crippen molar-refractivity contribution in [2.45, 2.75) is 32.4 Å². The fourth-order valence-electron chi connectivity index (χ4n) is 3.02. The number of nitrogens with zero attached hydrogens (tertiary/aromatic N) is 2. The minimum atomic E-state index is 0.436. The Balaban J connectivity index is 1.82. The molecule has 21 heavy (non-hydrogen) atoms. The zero-order chi connectivity index (χ0) is 15.2. The zero-order valence-corrected chi connectivity index (χ0v) is 15.1. The summed E-state index contributed by atoms with van der Waals surface area (Å²) in [5.41, 5.74) is 1.37. The highest BCUT2D eigenvalue weighted by molar-refractivity contribution is 9.10. The highest BCUT2D eigenvalue weighted by Crippen LogP contribution is 2.21. The summed E-state index contributed by atoms with van der Waals surface area (Å²) in [7, 11) is 2.06. The van der Waals surface area contributed by atoms with E-state index in [1.165, 1.54) is 38.3 Å². The van der Waals surface area contributed by atoms with Crippen molar-refractivity contribution < 1.29 is 0 Å². The highest BCUT2D eigenvalue weighted by atomic mass is 79.9. The van der Waals surface area contributed by atoms with E-state index in [1.54, 1.807) is 0 Å². The van der Waals surface area contributed by atoms with E-state index < -0.39 is 0 Å². The van der Waals surface area contributed by atoms with Gasteiger partial charge >= 0.3 is 0 Å². The summed E-state index contributed by atoms with van der Waals surface area (Å²) in [6.45, 7) is 10.6. The molecule has 0 amide bonds. The maximum atomic E-state index is 3.56. The van der Waals surface area contributed by atoms with Gasteiger partial charge in [-0.25, -0.2) is 0 Å². The third kappa shape index (κ3) is 5.06.